The van der Waals surface area contributed by atoms with Gasteiger partial charge in [-0.3, -0.25) is 4.79 Å². The Balaban J connectivity index is 1.65. The van der Waals surface area contributed by atoms with Gasteiger partial charge in [0, 0.05) is 13.2 Å². The summed E-state index contributed by atoms with van der Waals surface area (Å²) < 4.78 is 17.1. The van der Waals surface area contributed by atoms with Crippen molar-refractivity contribution in [3.63, 3.8) is 0 Å². The first-order valence-corrected chi connectivity index (χ1v) is 8.67. The van der Waals surface area contributed by atoms with Gasteiger partial charge in [-0.1, -0.05) is 12.1 Å². The third-order valence-corrected chi connectivity index (χ3v) is 4.30. The Kier molecular flexibility index (Phi) is 6.00. The van der Waals surface area contributed by atoms with Gasteiger partial charge in [-0.25, -0.2) is 0 Å². The molecule has 0 aromatic heterocycles. The fourth-order valence-corrected chi connectivity index (χ4v) is 2.80. The van der Waals surface area contributed by atoms with Gasteiger partial charge in [0.25, 0.3) is 0 Å². The van der Waals surface area contributed by atoms with Crippen LogP contribution in [0.5, 0.6) is 11.5 Å². The second kappa shape index (κ2) is 8.61. The minimum Gasteiger partial charge on any atom is -0.457 e. The van der Waals surface area contributed by atoms with Gasteiger partial charge in [0.2, 0.25) is 0 Å². The first-order chi connectivity index (χ1) is 12.7. The van der Waals surface area contributed by atoms with Gasteiger partial charge in [-0.15, -0.1) is 0 Å². The quantitative estimate of drug-likeness (QED) is 0.728. The summed E-state index contributed by atoms with van der Waals surface area (Å²) in [4.78, 5) is 11.8. The number of carbonyl (C=O) groups is 1. The second-order valence-electron chi connectivity index (χ2n) is 6.25. The number of nitrogens with zero attached hydrogens (tertiary/aromatic N) is 1. The number of hydrogen-bond acceptors (Lipinski definition) is 5. The van der Waals surface area contributed by atoms with Crippen molar-refractivity contribution in [2.24, 2.45) is 0 Å². The summed E-state index contributed by atoms with van der Waals surface area (Å²) >= 11 is 0. The Labute approximate surface area is 153 Å². The number of nitriles is 1. The molecule has 5 nitrogen and oxygen atoms in total. The molecule has 0 atom stereocenters. The minimum absolute atomic E-state index is 0.106. The summed E-state index contributed by atoms with van der Waals surface area (Å²) in [5.41, 5.74) is 1.96. The Morgan fingerprint density at radius 2 is 1.92 bits per heavy atom. The van der Waals surface area contributed by atoms with Crippen LogP contribution in [0.25, 0.3) is 0 Å². The Morgan fingerprint density at radius 1 is 1.19 bits per heavy atom. The van der Waals surface area contributed by atoms with Crippen LogP contribution in [0, 0.1) is 11.3 Å². The van der Waals surface area contributed by atoms with Gasteiger partial charge >= 0.3 is 0 Å². The van der Waals surface area contributed by atoms with Gasteiger partial charge in [-0.05, 0) is 55.7 Å². The number of ether oxygens (including phenoxy) is 3. The van der Waals surface area contributed by atoms with Crippen LogP contribution < -0.4 is 4.74 Å². The highest BCUT2D eigenvalue weighted by Crippen LogP contribution is 2.27. The van der Waals surface area contributed by atoms with Crippen molar-refractivity contribution >= 4 is 5.78 Å². The van der Waals surface area contributed by atoms with Crippen LogP contribution in [0.15, 0.2) is 42.5 Å². The molecule has 0 amide bonds. The summed E-state index contributed by atoms with van der Waals surface area (Å²) in [6.07, 6.45) is 2.13. The Morgan fingerprint density at radius 3 is 2.58 bits per heavy atom. The van der Waals surface area contributed by atoms with Crippen LogP contribution >= 0.6 is 0 Å². The maximum atomic E-state index is 11.8. The molecule has 1 fully saturated rings. The fraction of sp³-hybridized carbons (Fsp3) is 0.333. The molecular formula is C21H21NO4. The van der Waals surface area contributed by atoms with Crippen molar-refractivity contribution in [2.75, 3.05) is 13.2 Å². The largest absolute Gasteiger partial charge is 0.457 e. The van der Waals surface area contributed by atoms with E-state index in [0.29, 0.717) is 29.2 Å². The maximum absolute atomic E-state index is 11.8. The molecule has 1 heterocycles. The number of Topliss-reactive ketones (excluding diaryl/α,β-unsaturated/α-hetero) is 1. The Hall–Kier alpha value is -2.68. The van der Waals surface area contributed by atoms with Crippen molar-refractivity contribution in [1.82, 2.24) is 0 Å². The van der Waals surface area contributed by atoms with Gasteiger partial charge < -0.3 is 14.2 Å². The molecule has 26 heavy (non-hydrogen) atoms. The third-order valence-electron chi connectivity index (χ3n) is 4.30. The van der Waals surface area contributed by atoms with E-state index in [9.17, 15) is 4.79 Å². The lowest BCUT2D eigenvalue weighted by Crippen LogP contribution is -2.23. The molecule has 3 rings (SSSR count). The molecule has 1 aliphatic heterocycles. The summed E-state index contributed by atoms with van der Waals surface area (Å²) in [6.45, 7) is 3.55. The molecule has 0 radical (unpaired) electrons. The van der Waals surface area contributed by atoms with Gasteiger partial charge in [0.05, 0.1) is 29.9 Å². The predicted octanol–water partition coefficient (Wildman–Crippen LogP) is 4.25. The minimum atomic E-state index is -0.106. The molecule has 0 unspecified atom stereocenters. The molecule has 0 N–H and O–H groups in total. The first kappa shape index (κ1) is 18.1. The van der Waals surface area contributed by atoms with E-state index in [1.807, 2.05) is 24.3 Å². The highest BCUT2D eigenvalue weighted by atomic mass is 16.5. The van der Waals surface area contributed by atoms with Crippen molar-refractivity contribution in [3.05, 3.63) is 59.2 Å². The maximum Gasteiger partial charge on any atom is 0.163 e. The highest BCUT2D eigenvalue weighted by Gasteiger charge is 2.14. The normalized spacial score (nSPS) is 14.6. The monoisotopic (exact) mass is 351 g/mol. The number of benzene rings is 2. The lowest BCUT2D eigenvalue weighted by Gasteiger charge is -2.22. The smallest absolute Gasteiger partial charge is 0.163 e. The summed E-state index contributed by atoms with van der Waals surface area (Å²) in [6, 6.07) is 14.4. The number of rotatable bonds is 6. The molecule has 5 heteroatoms. The van der Waals surface area contributed by atoms with Crippen LogP contribution in [0.3, 0.4) is 0 Å². The standard InChI is InChI=1S/C21H21NO4/c1-15(23)20-7-4-17(13-22)12-21(20)26-19-5-2-16(3-6-19)14-25-18-8-10-24-11-9-18/h2-7,12,18H,8-11,14H2,1H3. The molecule has 2 aromatic carbocycles. The Bertz CT molecular complexity index is 802. The van der Waals surface area contributed by atoms with Gasteiger partial charge in [0.1, 0.15) is 11.5 Å². The van der Waals surface area contributed by atoms with E-state index >= 15 is 0 Å². The average Bonchev–Trinajstić information content (AvgIpc) is 2.68. The molecule has 0 bridgehead atoms. The number of hydrogen-bond donors (Lipinski definition) is 0. The van der Waals surface area contributed by atoms with Gasteiger partial charge in [0.15, 0.2) is 5.78 Å². The molecule has 134 valence electrons. The van der Waals surface area contributed by atoms with Crippen LogP contribution in [0.4, 0.5) is 0 Å². The SMILES string of the molecule is CC(=O)c1ccc(C#N)cc1Oc1ccc(COC2CCOCC2)cc1. The van der Waals surface area contributed by atoms with E-state index in [0.717, 1.165) is 31.6 Å². The molecule has 0 aliphatic carbocycles. The van der Waals surface area contributed by atoms with E-state index in [4.69, 9.17) is 19.5 Å². The van der Waals surface area contributed by atoms with Crippen LogP contribution in [-0.2, 0) is 16.1 Å². The first-order valence-electron chi connectivity index (χ1n) is 8.67. The zero-order valence-corrected chi connectivity index (χ0v) is 14.7. The molecule has 0 spiro atoms. The number of carbonyl (C=O) groups excluding carboxylic acids is 1. The molecular weight excluding hydrogens is 330 g/mol. The zero-order valence-electron chi connectivity index (χ0n) is 14.7. The summed E-state index contributed by atoms with van der Waals surface area (Å²) in [7, 11) is 0. The van der Waals surface area contributed by atoms with Crippen molar-refractivity contribution < 1.29 is 19.0 Å². The van der Waals surface area contributed by atoms with Gasteiger partial charge in [-0.2, -0.15) is 5.26 Å². The predicted molar refractivity (Wildman–Crippen MR) is 96.3 cm³/mol. The summed E-state index contributed by atoms with van der Waals surface area (Å²) in [5.74, 6) is 0.895. The summed E-state index contributed by atoms with van der Waals surface area (Å²) in [5, 5.41) is 9.05. The van der Waals surface area contributed by atoms with Crippen molar-refractivity contribution in [2.45, 2.75) is 32.5 Å². The molecule has 1 saturated heterocycles. The van der Waals surface area contributed by atoms with E-state index in [-0.39, 0.29) is 11.9 Å². The molecule has 2 aromatic rings. The van der Waals surface area contributed by atoms with Crippen LogP contribution in [-0.4, -0.2) is 25.1 Å². The fourth-order valence-electron chi connectivity index (χ4n) is 2.80. The van der Waals surface area contributed by atoms with E-state index in [2.05, 4.69) is 6.07 Å². The topological polar surface area (TPSA) is 68.6 Å². The van der Waals surface area contributed by atoms with E-state index in [1.54, 1.807) is 18.2 Å². The third kappa shape index (κ3) is 4.69. The lowest BCUT2D eigenvalue weighted by atomic mass is 10.1. The van der Waals surface area contributed by atoms with Crippen LogP contribution in [0.1, 0.15) is 41.3 Å². The molecule has 0 saturated carbocycles. The van der Waals surface area contributed by atoms with Crippen molar-refractivity contribution in [3.8, 4) is 17.6 Å². The molecule has 1 aliphatic rings. The average molecular weight is 351 g/mol. The second-order valence-corrected chi connectivity index (χ2v) is 6.25. The lowest BCUT2D eigenvalue weighted by molar-refractivity contribution is -0.0390. The highest BCUT2D eigenvalue weighted by molar-refractivity contribution is 5.97. The van der Waals surface area contributed by atoms with Crippen LogP contribution in [0.2, 0.25) is 0 Å². The number of ketones is 1. The van der Waals surface area contributed by atoms with E-state index < -0.39 is 0 Å². The van der Waals surface area contributed by atoms with Crippen molar-refractivity contribution in [1.29, 1.82) is 5.26 Å². The zero-order chi connectivity index (χ0) is 18.4. The van der Waals surface area contributed by atoms with E-state index in [1.165, 1.54) is 6.92 Å².